The molecule has 0 aromatic heterocycles. The Hall–Kier alpha value is -2.88. The van der Waals surface area contributed by atoms with E-state index in [1.807, 2.05) is 42.2 Å². The lowest BCUT2D eigenvalue weighted by Gasteiger charge is -2.30. The van der Waals surface area contributed by atoms with Crippen LogP contribution >= 0.6 is 0 Å². The molecule has 0 aliphatic heterocycles. The lowest BCUT2D eigenvalue weighted by Crippen LogP contribution is -2.46. The minimum atomic E-state index is -0.769. The Morgan fingerprint density at radius 2 is 1.66 bits per heavy atom. The van der Waals surface area contributed by atoms with Gasteiger partial charge in [-0.3, -0.25) is 9.59 Å². The molecule has 0 radical (unpaired) electrons. The standard InChI is InChI=1S/C31H44N2O2/c1-20(2)14-27(23(7)8)16-29(31(35)33(18-21(3)4)19-22(5)6)30(34)32-17-25-11-13-28-24(9)10-12-26(28)15-25/h10-15,21-23,29H,1,9,16-19H2,2-8H3,(H,32,34)/b27-14-. The molecule has 0 heterocycles. The van der Waals surface area contributed by atoms with Crippen LogP contribution in [0.25, 0.3) is 11.6 Å². The predicted molar refractivity (Wildman–Crippen MR) is 148 cm³/mol. The topological polar surface area (TPSA) is 49.4 Å². The highest BCUT2D eigenvalue weighted by Gasteiger charge is 2.32. The van der Waals surface area contributed by atoms with E-state index < -0.39 is 5.92 Å². The monoisotopic (exact) mass is 476 g/mol. The fraction of sp³-hybridized carbons (Fsp3) is 0.484. The Bertz CT molecular complexity index is 1000. The first-order chi connectivity index (χ1) is 16.4. The van der Waals surface area contributed by atoms with Crippen LogP contribution in [-0.4, -0.2) is 29.8 Å². The maximum atomic E-state index is 13.8. The van der Waals surface area contributed by atoms with Gasteiger partial charge in [-0.25, -0.2) is 0 Å². The van der Waals surface area contributed by atoms with E-state index in [9.17, 15) is 9.59 Å². The van der Waals surface area contributed by atoms with Crippen molar-refractivity contribution in [3.63, 3.8) is 0 Å². The normalized spacial score (nSPS) is 14.0. The van der Waals surface area contributed by atoms with Crippen molar-refractivity contribution in [3.8, 4) is 0 Å². The van der Waals surface area contributed by atoms with Crippen molar-refractivity contribution in [2.45, 2.75) is 61.4 Å². The van der Waals surface area contributed by atoms with Gasteiger partial charge in [0, 0.05) is 19.6 Å². The van der Waals surface area contributed by atoms with Crippen LogP contribution in [0.1, 0.15) is 71.6 Å². The third kappa shape index (κ3) is 8.38. The van der Waals surface area contributed by atoms with Gasteiger partial charge in [0.25, 0.3) is 0 Å². The first-order valence-electron chi connectivity index (χ1n) is 12.8. The molecular formula is C31H44N2O2. The number of hydrogen-bond donors (Lipinski definition) is 1. The maximum Gasteiger partial charge on any atom is 0.235 e. The highest BCUT2D eigenvalue weighted by molar-refractivity contribution is 6.00. The SMILES string of the molecule is C=C(C)/C=C(/CC(C(=O)NCc1ccc2c(c1)C=CC2=C)C(=O)N(CC(C)C)CC(C)C)C(C)C. The number of nitrogens with zero attached hydrogens (tertiary/aromatic N) is 1. The van der Waals surface area contributed by atoms with E-state index >= 15 is 0 Å². The molecule has 4 heteroatoms. The summed E-state index contributed by atoms with van der Waals surface area (Å²) in [5, 5.41) is 3.06. The molecule has 0 bridgehead atoms. The van der Waals surface area contributed by atoms with Crippen molar-refractivity contribution < 1.29 is 9.59 Å². The molecule has 0 saturated carbocycles. The summed E-state index contributed by atoms with van der Waals surface area (Å²) in [4.78, 5) is 29.2. The average molecular weight is 477 g/mol. The van der Waals surface area contributed by atoms with Crippen LogP contribution in [-0.2, 0) is 16.1 Å². The average Bonchev–Trinajstić information content (AvgIpc) is 3.13. The fourth-order valence-electron chi connectivity index (χ4n) is 4.41. The van der Waals surface area contributed by atoms with Gasteiger partial charge in [0.1, 0.15) is 5.92 Å². The molecule has 0 spiro atoms. The zero-order valence-electron chi connectivity index (χ0n) is 22.8. The van der Waals surface area contributed by atoms with Gasteiger partial charge in [-0.05, 0) is 59.4 Å². The van der Waals surface area contributed by atoms with Crippen LogP contribution in [0.4, 0.5) is 0 Å². The molecule has 0 saturated heterocycles. The van der Waals surface area contributed by atoms with Crippen LogP contribution in [0.5, 0.6) is 0 Å². The Morgan fingerprint density at radius 1 is 1.03 bits per heavy atom. The second kappa shape index (κ2) is 12.7. The molecule has 2 rings (SSSR count). The highest BCUT2D eigenvalue weighted by atomic mass is 16.2. The summed E-state index contributed by atoms with van der Waals surface area (Å²) in [5.41, 5.74) is 6.24. The van der Waals surface area contributed by atoms with Gasteiger partial charge in [0.2, 0.25) is 11.8 Å². The fourth-order valence-corrected chi connectivity index (χ4v) is 4.41. The van der Waals surface area contributed by atoms with Crippen LogP contribution in [0.15, 0.2) is 54.7 Å². The zero-order chi connectivity index (χ0) is 26.3. The summed E-state index contributed by atoms with van der Waals surface area (Å²) in [5.74, 6) is -0.213. The summed E-state index contributed by atoms with van der Waals surface area (Å²) in [6.07, 6.45) is 6.46. The van der Waals surface area contributed by atoms with Gasteiger partial charge in [0.05, 0.1) is 0 Å². The predicted octanol–water partition coefficient (Wildman–Crippen LogP) is 6.65. The molecule has 2 amide bonds. The Kier molecular flexibility index (Phi) is 10.3. The van der Waals surface area contributed by atoms with E-state index in [0.717, 1.165) is 33.4 Å². The number of carbonyl (C=O) groups excluding carboxylic acids is 2. The molecule has 35 heavy (non-hydrogen) atoms. The zero-order valence-corrected chi connectivity index (χ0v) is 22.8. The largest absolute Gasteiger partial charge is 0.351 e. The lowest BCUT2D eigenvalue weighted by molar-refractivity contribution is -0.143. The number of benzene rings is 1. The van der Waals surface area contributed by atoms with Crippen LogP contribution in [0, 0.1) is 23.7 Å². The molecule has 1 aromatic carbocycles. The van der Waals surface area contributed by atoms with Gasteiger partial charge in [-0.2, -0.15) is 0 Å². The summed E-state index contributed by atoms with van der Waals surface area (Å²) >= 11 is 0. The molecule has 1 unspecified atom stereocenters. The van der Waals surface area contributed by atoms with Gasteiger partial charge < -0.3 is 10.2 Å². The van der Waals surface area contributed by atoms with E-state index in [1.165, 1.54) is 0 Å². The number of fused-ring (bicyclic) bond motifs is 1. The quantitative estimate of drug-likeness (QED) is 0.271. The van der Waals surface area contributed by atoms with Crippen molar-refractivity contribution >= 4 is 23.5 Å². The summed E-state index contributed by atoms with van der Waals surface area (Å²) in [6, 6.07) is 6.13. The lowest BCUT2D eigenvalue weighted by atomic mass is 9.89. The minimum absolute atomic E-state index is 0.0913. The molecule has 1 N–H and O–H groups in total. The number of nitrogens with one attached hydrogen (secondary N) is 1. The van der Waals surface area contributed by atoms with Crippen LogP contribution in [0.2, 0.25) is 0 Å². The van der Waals surface area contributed by atoms with E-state index in [4.69, 9.17) is 0 Å². The smallest absolute Gasteiger partial charge is 0.235 e. The second-order valence-corrected chi connectivity index (χ2v) is 11.0. The molecular weight excluding hydrogens is 432 g/mol. The van der Waals surface area contributed by atoms with Gasteiger partial charge in [-0.1, -0.05) is 96.2 Å². The molecule has 1 aromatic rings. The molecule has 1 atom stereocenters. The molecule has 1 aliphatic rings. The van der Waals surface area contributed by atoms with E-state index in [2.05, 4.69) is 66.1 Å². The first kappa shape index (κ1) is 28.4. The minimum Gasteiger partial charge on any atom is -0.351 e. The third-order valence-corrected chi connectivity index (χ3v) is 6.10. The molecule has 4 nitrogen and oxygen atoms in total. The van der Waals surface area contributed by atoms with E-state index in [-0.39, 0.29) is 17.7 Å². The second-order valence-electron chi connectivity index (χ2n) is 11.0. The molecule has 1 aliphatic carbocycles. The number of amides is 2. The third-order valence-electron chi connectivity index (χ3n) is 6.10. The molecule has 0 fully saturated rings. The van der Waals surface area contributed by atoms with Crippen molar-refractivity contribution in [3.05, 3.63) is 71.3 Å². The van der Waals surface area contributed by atoms with E-state index in [1.54, 1.807) is 0 Å². The van der Waals surface area contributed by atoms with Crippen molar-refractivity contribution in [2.75, 3.05) is 13.1 Å². The number of hydrogen-bond acceptors (Lipinski definition) is 2. The van der Waals surface area contributed by atoms with Crippen molar-refractivity contribution in [1.29, 1.82) is 0 Å². The van der Waals surface area contributed by atoms with E-state index in [0.29, 0.717) is 37.9 Å². The van der Waals surface area contributed by atoms with Crippen LogP contribution in [0.3, 0.4) is 0 Å². The van der Waals surface area contributed by atoms with Crippen LogP contribution < -0.4 is 5.32 Å². The summed E-state index contributed by atoms with van der Waals surface area (Å²) in [6.45, 7) is 24.3. The van der Waals surface area contributed by atoms with Crippen molar-refractivity contribution in [1.82, 2.24) is 10.2 Å². The molecule has 190 valence electrons. The Balaban J connectivity index is 2.29. The Labute approximate surface area is 212 Å². The highest BCUT2D eigenvalue weighted by Crippen LogP contribution is 2.28. The number of carbonyl (C=O) groups is 2. The van der Waals surface area contributed by atoms with Gasteiger partial charge in [0.15, 0.2) is 0 Å². The van der Waals surface area contributed by atoms with Gasteiger partial charge >= 0.3 is 0 Å². The van der Waals surface area contributed by atoms with Gasteiger partial charge in [-0.15, -0.1) is 0 Å². The Morgan fingerprint density at radius 3 is 2.20 bits per heavy atom. The maximum absolute atomic E-state index is 13.8. The number of allylic oxidation sites excluding steroid dienone is 5. The number of rotatable bonds is 12. The summed E-state index contributed by atoms with van der Waals surface area (Å²) in [7, 11) is 0. The van der Waals surface area contributed by atoms with Crippen molar-refractivity contribution in [2.24, 2.45) is 23.7 Å². The summed E-state index contributed by atoms with van der Waals surface area (Å²) < 4.78 is 0. The first-order valence-corrected chi connectivity index (χ1v) is 12.8.